The van der Waals surface area contributed by atoms with Crippen LogP contribution in [-0.2, 0) is 19.5 Å². The Kier molecular flexibility index (Phi) is 5.31. The number of aryl methyl sites for hydroxylation is 1. The molecule has 4 heterocycles. The third-order valence-electron chi connectivity index (χ3n) is 6.39. The monoisotopic (exact) mass is 390 g/mol. The van der Waals surface area contributed by atoms with Crippen LogP contribution in [0.2, 0.25) is 0 Å². The molecule has 1 aliphatic carbocycles. The van der Waals surface area contributed by atoms with Crippen molar-refractivity contribution in [3.05, 3.63) is 65.4 Å². The smallest absolute Gasteiger partial charge is 0.137 e. The Balaban J connectivity index is 1.37. The molecule has 1 N–H and O–H groups in total. The van der Waals surface area contributed by atoms with Gasteiger partial charge in [0.2, 0.25) is 0 Å². The largest absolute Gasteiger partial charge is 0.304 e. The summed E-state index contributed by atoms with van der Waals surface area (Å²) in [7, 11) is 2.21. The van der Waals surface area contributed by atoms with Gasteiger partial charge in [-0.25, -0.2) is 4.98 Å². The van der Waals surface area contributed by atoms with Gasteiger partial charge in [-0.2, -0.15) is 0 Å². The molecule has 0 amide bonds. The number of aromatic nitrogens is 3. The molecule has 1 fully saturated rings. The molecular weight excluding hydrogens is 360 g/mol. The number of fused-ring (bicyclic) bond motifs is 2. The van der Waals surface area contributed by atoms with Crippen molar-refractivity contribution in [2.45, 2.75) is 38.4 Å². The number of hydrogen-bond acceptors (Lipinski definition) is 5. The minimum absolute atomic E-state index is 0.321. The number of piperazine rings is 1. The highest BCUT2D eigenvalue weighted by Crippen LogP contribution is 2.28. The number of hydrogen-bond donors (Lipinski definition) is 1. The number of nitrogens with one attached hydrogen (secondary N) is 1. The second-order valence-corrected chi connectivity index (χ2v) is 8.39. The van der Waals surface area contributed by atoms with Gasteiger partial charge >= 0.3 is 0 Å². The molecule has 0 saturated carbocycles. The fourth-order valence-corrected chi connectivity index (χ4v) is 4.65. The SMILES string of the molecule is CN1CCN(Cc2c(CNC3CCCc4cccnc43)nc3ccccn23)CC1. The zero-order valence-electron chi connectivity index (χ0n) is 17.2. The Hall–Kier alpha value is -2.28. The summed E-state index contributed by atoms with van der Waals surface area (Å²) in [4.78, 5) is 14.6. The standard InChI is InChI=1S/C23H30N6/c1-27-12-14-28(15-13-27)17-21-20(26-22-9-2-3-11-29(21)22)16-25-19-8-4-6-18-7-5-10-24-23(18)19/h2-3,5,7,9-11,19,25H,4,6,8,12-17H2,1H3. The first kappa shape index (κ1) is 18.7. The van der Waals surface area contributed by atoms with Crippen LogP contribution in [0.3, 0.4) is 0 Å². The van der Waals surface area contributed by atoms with E-state index >= 15 is 0 Å². The van der Waals surface area contributed by atoms with Crippen LogP contribution in [0.15, 0.2) is 42.7 Å². The zero-order chi connectivity index (χ0) is 19.6. The lowest BCUT2D eigenvalue weighted by Crippen LogP contribution is -2.44. The Morgan fingerprint density at radius 2 is 2.00 bits per heavy atom. The van der Waals surface area contributed by atoms with Gasteiger partial charge in [0.15, 0.2) is 0 Å². The summed E-state index contributed by atoms with van der Waals surface area (Å²) in [6, 6.07) is 10.9. The number of nitrogens with zero attached hydrogens (tertiary/aromatic N) is 5. The van der Waals surface area contributed by atoms with Gasteiger partial charge in [0.25, 0.3) is 0 Å². The third kappa shape index (κ3) is 3.92. The predicted molar refractivity (Wildman–Crippen MR) is 115 cm³/mol. The van der Waals surface area contributed by atoms with Crippen LogP contribution < -0.4 is 5.32 Å². The second-order valence-electron chi connectivity index (χ2n) is 8.39. The minimum atomic E-state index is 0.321. The molecule has 152 valence electrons. The first-order valence-electron chi connectivity index (χ1n) is 10.8. The summed E-state index contributed by atoms with van der Waals surface area (Å²) in [5, 5.41) is 3.77. The Morgan fingerprint density at radius 1 is 1.10 bits per heavy atom. The van der Waals surface area contributed by atoms with Crippen molar-refractivity contribution in [1.29, 1.82) is 0 Å². The molecule has 0 aromatic carbocycles. The quantitative estimate of drug-likeness (QED) is 0.726. The van der Waals surface area contributed by atoms with E-state index in [2.05, 4.69) is 68.1 Å². The maximum atomic E-state index is 4.98. The van der Waals surface area contributed by atoms with E-state index < -0.39 is 0 Å². The van der Waals surface area contributed by atoms with E-state index in [1.807, 2.05) is 6.20 Å². The highest BCUT2D eigenvalue weighted by atomic mass is 15.3. The summed E-state index contributed by atoms with van der Waals surface area (Å²) in [6.07, 6.45) is 7.57. The van der Waals surface area contributed by atoms with Crippen molar-refractivity contribution >= 4 is 5.65 Å². The van der Waals surface area contributed by atoms with Crippen LogP contribution in [0.25, 0.3) is 5.65 Å². The molecule has 2 aliphatic rings. The maximum Gasteiger partial charge on any atom is 0.137 e. The molecule has 3 aromatic heterocycles. The van der Waals surface area contributed by atoms with Gasteiger partial charge in [0.05, 0.1) is 23.1 Å². The predicted octanol–water partition coefficient (Wildman–Crippen LogP) is 2.64. The van der Waals surface area contributed by atoms with Crippen molar-refractivity contribution in [2.24, 2.45) is 0 Å². The topological polar surface area (TPSA) is 48.7 Å². The molecule has 0 spiro atoms. The van der Waals surface area contributed by atoms with Gasteiger partial charge in [-0.3, -0.25) is 9.88 Å². The molecule has 0 radical (unpaired) electrons. The number of pyridine rings is 2. The fraction of sp³-hybridized carbons (Fsp3) is 0.478. The van der Waals surface area contributed by atoms with E-state index in [0.717, 1.165) is 63.5 Å². The van der Waals surface area contributed by atoms with Gasteiger partial charge < -0.3 is 14.6 Å². The zero-order valence-corrected chi connectivity index (χ0v) is 17.2. The third-order valence-corrected chi connectivity index (χ3v) is 6.39. The van der Waals surface area contributed by atoms with Gasteiger partial charge in [0.1, 0.15) is 5.65 Å². The van der Waals surface area contributed by atoms with Crippen LogP contribution >= 0.6 is 0 Å². The van der Waals surface area contributed by atoms with Crippen LogP contribution in [0.4, 0.5) is 0 Å². The van der Waals surface area contributed by atoms with Crippen molar-refractivity contribution in [1.82, 2.24) is 29.5 Å². The van der Waals surface area contributed by atoms with E-state index in [0.29, 0.717) is 6.04 Å². The van der Waals surface area contributed by atoms with E-state index in [9.17, 15) is 0 Å². The van der Waals surface area contributed by atoms with Gasteiger partial charge in [0, 0.05) is 51.7 Å². The van der Waals surface area contributed by atoms with Crippen molar-refractivity contribution in [3.8, 4) is 0 Å². The first-order chi connectivity index (χ1) is 14.3. The lowest BCUT2D eigenvalue weighted by Gasteiger charge is -2.32. The van der Waals surface area contributed by atoms with Crippen LogP contribution in [0.5, 0.6) is 0 Å². The van der Waals surface area contributed by atoms with E-state index in [1.165, 1.54) is 23.4 Å². The number of likely N-dealkylation sites (N-methyl/N-ethyl adjacent to an activating group) is 1. The van der Waals surface area contributed by atoms with E-state index in [1.54, 1.807) is 0 Å². The minimum Gasteiger partial charge on any atom is -0.304 e. The van der Waals surface area contributed by atoms with Crippen LogP contribution in [-0.4, -0.2) is 57.4 Å². The molecule has 1 unspecified atom stereocenters. The van der Waals surface area contributed by atoms with Crippen molar-refractivity contribution in [3.63, 3.8) is 0 Å². The lowest BCUT2D eigenvalue weighted by atomic mass is 9.92. The van der Waals surface area contributed by atoms with E-state index in [-0.39, 0.29) is 0 Å². The van der Waals surface area contributed by atoms with Gasteiger partial charge in [-0.15, -0.1) is 0 Å². The van der Waals surface area contributed by atoms with E-state index in [4.69, 9.17) is 4.98 Å². The Labute approximate surface area is 172 Å². The summed E-state index contributed by atoms with van der Waals surface area (Å²) < 4.78 is 2.27. The molecule has 1 atom stereocenters. The van der Waals surface area contributed by atoms with Crippen molar-refractivity contribution < 1.29 is 0 Å². The molecular formula is C23H30N6. The molecule has 1 saturated heterocycles. The Bertz CT molecular complexity index is 972. The summed E-state index contributed by atoms with van der Waals surface area (Å²) in [5.41, 5.74) is 6.13. The van der Waals surface area contributed by atoms with Crippen LogP contribution in [0, 0.1) is 0 Å². The molecule has 3 aromatic rings. The summed E-state index contributed by atoms with van der Waals surface area (Å²) >= 11 is 0. The maximum absolute atomic E-state index is 4.98. The molecule has 6 heteroatoms. The number of rotatable bonds is 5. The molecule has 29 heavy (non-hydrogen) atoms. The average Bonchev–Trinajstić information content (AvgIpc) is 3.11. The first-order valence-corrected chi connectivity index (χ1v) is 10.8. The molecule has 5 rings (SSSR count). The molecule has 1 aliphatic heterocycles. The van der Waals surface area contributed by atoms with Gasteiger partial charge in [-0.05, 0) is 50.1 Å². The lowest BCUT2D eigenvalue weighted by molar-refractivity contribution is 0.146. The Morgan fingerprint density at radius 3 is 2.90 bits per heavy atom. The normalized spacial score (nSPS) is 20.8. The average molecular weight is 391 g/mol. The summed E-state index contributed by atoms with van der Waals surface area (Å²) in [5.74, 6) is 0. The fourth-order valence-electron chi connectivity index (χ4n) is 4.65. The van der Waals surface area contributed by atoms with Gasteiger partial charge in [-0.1, -0.05) is 12.1 Å². The summed E-state index contributed by atoms with van der Waals surface area (Å²) in [6.45, 7) is 6.23. The molecule has 6 nitrogen and oxygen atoms in total. The second kappa shape index (κ2) is 8.22. The molecule has 0 bridgehead atoms. The highest BCUT2D eigenvalue weighted by Gasteiger charge is 2.23. The number of imidazole rings is 1. The highest BCUT2D eigenvalue weighted by molar-refractivity contribution is 5.43. The van der Waals surface area contributed by atoms with Crippen LogP contribution in [0.1, 0.15) is 41.5 Å². The van der Waals surface area contributed by atoms with Crippen molar-refractivity contribution in [2.75, 3.05) is 33.2 Å².